The molecular formula is C6H18Cl2NPSi2. The Kier molecular flexibility index (Phi) is 4.79. The van der Waals surface area contributed by atoms with Gasteiger partial charge in [-0.05, 0) is 0 Å². The van der Waals surface area contributed by atoms with Crippen molar-refractivity contribution in [3.8, 4) is 0 Å². The lowest BCUT2D eigenvalue weighted by atomic mass is 11.8. The zero-order valence-corrected chi connectivity index (χ0v) is 13.1. The fourth-order valence-corrected chi connectivity index (χ4v) is 21.3. The van der Waals surface area contributed by atoms with Gasteiger partial charge in [0.25, 0.3) is 0 Å². The first kappa shape index (κ1) is 13.4. The Morgan fingerprint density at radius 2 is 1.08 bits per heavy atom. The third-order valence-electron chi connectivity index (χ3n) is 1.42. The molecule has 1 nitrogen and oxygen atoms in total. The Balaban J connectivity index is 4.70. The summed E-state index contributed by atoms with van der Waals surface area (Å²) >= 11 is 12.1. The number of rotatable bonds is 3. The number of hydrogen-bond acceptors (Lipinski definition) is 1. The van der Waals surface area contributed by atoms with Gasteiger partial charge < -0.3 is 4.00 Å². The summed E-state index contributed by atoms with van der Waals surface area (Å²) in [6, 6.07) is 0. The summed E-state index contributed by atoms with van der Waals surface area (Å²) in [6.07, 6.45) is 0. The lowest BCUT2D eigenvalue weighted by Gasteiger charge is -2.43. The molecule has 0 N–H and O–H groups in total. The van der Waals surface area contributed by atoms with E-state index in [2.05, 4.69) is 43.3 Å². The first-order chi connectivity index (χ1) is 5.07. The van der Waals surface area contributed by atoms with Crippen LogP contribution in [0.25, 0.3) is 0 Å². The molecule has 0 aliphatic rings. The lowest BCUT2D eigenvalue weighted by Crippen LogP contribution is -2.54. The summed E-state index contributed by atoms with van der Waals surface area (Å²) in [5, 5.41) is 0. The molecule has 0 saturated carbocycles. The zero-order chi connectivity index (χ0) is 10.2. The van der Waals surface area contributed by atoms with Crippen molar-refractivity contribution in [1.82, 2.24) is 4.00 Å². The molecule has 74 valence electrons. The van der Waals surface area contributed by atoms with Gasteiger partial charge in [0.15, 0.2) is 0 Å². The molecule has 0 saturated heterocycles. The van der Waals surface area contributed by atoms with E-state index in [9.17, 15) is 0 Å². The van der Waals surface area contributed by atoms with Gasteiger partial charge in [-0.3, -0.25) is 0 Å². The van der Waals surface area contributed by atoms with Crippen LogP contribution in [0.5, 0.6) is 0 Å². The minimum atomic E-state index is -1.33. The Morgan fingerprint density at radius 1 is 0.833 bits per heavy atom. The van der Waals surface area contributed by atoms with Crippen LogP contribution in [0.4, 0.5) is 0 Å². The molecule has 0 spiro atoms. The third kappa shape index (κ3) is 4.08. The predicted octanol–water partition coefficient (Wildman–Crippen LogP) is 4.66. The molecule has 0 radical (unpaired) electrons. The molecule has 0 rings (SSSR count). The molecule has 0 aliphatic heterocycles. The van der Waals surface area contributed by atoms with Crippen molar-refractivity contribution >= 4 is 45.7 Å². The standard InChI is InChI=1S/C6H18Cl2NPSi2/c1-11(2,3)9(10(7)8)12(4,5)6/h1-6H3. The first-order valence-electron chi connectivity index (χ1n) is 3.99. The highest BCUT2D eigenvalue weighted by atomic mass is 35.9. The first-order valence-corrected chi connectivity index (χ1v) is 14.0. The largest absolute Gasteiger partial charge is 0.300 e. The van der Waals surface area contributed by atoms with Crippen LogP contribution in [0.2, 0.25) is 39.3 Å². The lowest BCUT2D eigenvalue weighted by molar-refractivity contribution is 0.993. The maximum atomic E-state index is 6.04. The van der Waals surface area contributed by atoms with Crippen molar-refractivity contribution in [3.05, 3.63) is 0 Å². The van der Waals surface area contributed by atoms with Crippen LogP contribution in [0, 0.1) is 0 Å². The van der Waals surface area contributed by atoms with E-state index in [1.165, 1.54) is 0 Å². The molecule has 6 heteroatoms. The van der Waals surface area contributed by atoms with Crippen molar-refractivity contribution in [3.63, 3.8) is 0 Å². The highest BCUT2D eigenvalue weighted by Crippen LogP contribution is 2.55. The van der Waals surface area contributed by atoms with Gasteiger partial charge in [0, 0.05) is 0 Å². The van der Waals surface area contributed by atoms with E-state index in [4.69, 9.17) is 22.5 Å². The van der Waals surface area contributed by atoms with E-state index >= 15 is 0 Å². The van der Waals surface area contributed by atoms with E-state index in [0.717, 1.165) is 0 Å². The quantitative estimate of drug-likeness (QED) is 0.528. The van der Waals surface area contributed by atoms with Crippen molar-refractivity contribution in [2.24, 2.45) is 0 Å². The monoisotopic (exact) mass is 261 g/mol. The molecule has 0 aliphatic carbocycles. The predicted molar refractivity (Wildman–Crippen MR) is 67.2 cm³/mol. The highest BCUT2D eigenvalue weighted by molar-refractivity contribution is 8.04. The Hall–Kier alpha value is 1.40. The van der Waals surface area contributed by atoms with Gasteiger partial charge in [-0.25, -0.2) is 0 Å². The van der Waals surface area contributed by atoms with Crippen LogP contribution >= 0.6 is 29.3 Å². The molecule has 0 amide bonds. The summed E-state index contributed by atoms with van der Waals surface area (Å²) in [5.41, 5.74) is 0. The van der Waals surface area contributed by atoms with Gasteiger partial charge in [-0.2, -0.15) is 0 Å². The second-order valence-corrected chi connectivity index (χ2v) is 18.9. The van der Waals surface area contributed by atoms with Gasteiger partial charge in [0.05, 0.1) is 0 Å². The van der Waals surface area contributed by atoms with Crippen molar-refractivity contribution in [2.45, 2.75) is 39.3 Å². The van der Waals surface area contributed by atoms with Gasteiger partial charge in [0.1, 0.15) is 23.2 Å². The molecule has 0 aromatic rings. The van der Waals surface area contributed by atoms with E-state index in [-0.39, 0.29) is 0 Å². The van der Waals surface area contributed by atoms with Gasteiger partial charge in [0.2, 0.25) is 0 Å². The summed E-state index contributed by atoms with van der Waals surface area (Å²) in [7, 11) is -2.65. The Morgan fingerprint density at radius 3 is 1.08 bits per heavy atom. The zero-order valence-electron chi connectivity index (χ0n) is 8.65. The average Bonchev–Trinajstić information content (AvgIpc) is 1.49. The summed E-state index contributed by atoms with van der Waals surface area (Å²) in [6.45, 7) is 12.8. The normalized spacial score (nSPS) is 14.5. The minimum Gasteiger partial charge on any atom is -0.300 e. The molecular weight excluding hydrogens is 244 g/mol. The third-order valence-corrected chi connectivity index (χ3v) is 15.5. The molecule has 0 unspecified atom stereocenters. The SMILES string of the molecule is C[Si](C)(C)N(P(Cl)Cl)[Si](C)(C)C. The van der Waals surface area contributed by atoms with E-state index in [1.54, 1.807) is 0 Å². The van der Waals surface area contributed by atoms with Crippen LogP contribution < -0.4 is 0 Å². The molecule has 0 atom stereocenters. The summed E-state index contributed by atoms with van der Waals surface area (Å²) in [4.78, 5) is 0. The molecule has 0 aromatic heterocycles. The van der Waals surface area contributed by atoms with Crippen LogP contribution in [-0.2, 0) is 0 Å². The molecule has 0 aromatic carbocycles. The van der Waals surface area contributed by atoms with Crippen LogP contribution in [0.3, 0.4) is 0 Å². The average molecular weight is 262 g/mol. The van der Waals surface area contributed by atoms with Crippen molar-refractivity contribution in [2.75, 3.05) is 0 Å². The smallest absolute Gasteiger partial charge is 0.146 e. The fraction of sp³-hybridized carbons (Fsp3) is 1.00. The van der Waals surface area contributed by atoms with Crippen molar-refractivity contribution in [1.29, 1.82) is 0 Å². The summed E-state index contributed by atoms with van der Waals surface area (Å²) < 4.78 is 2.42. The molecule has 0 heterocycles. The van der Waals surface area contributed by atoms with Crippen molar-refractivity contribution < 1.29 is 0 Å². The molecule has 12 heavy (non-hydrogen) atoms. The van der Waals surface area contributed by atoms with E-state index in [0.29, 0.717) is 0 Å². The topological polar surface area (TPSA) is 3.24 Å². The molecule has 0 fully saturated rings. The second kappa shape index (κ2) is 4.28. The fourth-order valence-electron chi connectivity index (χ4n) is 1.46. The van der Waals surface area contributed by atoms with E-state index in [1.807, 2.05) is 0 Å². The van der Waals surface area contributed by atoms with Gasteiger partial charge in [-0.15, -0.1) is 0 Å². The number of hydrogen-bond donors (Lipinski definition) is 0. The highest BCUT2D eigenvalue weighted by Gasteiger charge is 2.38. The Bertz CT molecular complexity index is 139. The minimum absolute atomic E-state index is 0.939. The van der Waals surface area contributed by atoms with E-state index < -0.39 is 23.2 Å². The Labute approximate surface area is 89.0 Å². The summed E-state index contributed by atoms with van der Waals surface area (Å²) in [5.74, 6) is 0. The maximum Gasteiger partial charge on any atom is 0.146 e. The second-order valence-electron chi connectivity index (χ2n) is 4.87. The number of halogens is 2. The van der Waals surface area contributed by atoms with Crippen LogP contribution in [0.15, 0.2) is 0 Å². The maximum absolute atomic E-state index is 6.04. The van der Waals surface area contributed by atoms with Crippen LogP contribution in [-0.4, -0.2) is 20.5 Å². The van der Waals surface area contributed by atoms with Gasteiger partial charge in [-0.1, -0.05) is 61.8 Å². The van der Waals surface area contributed by atoms with Gasteiger partial charge >= 0.3 is 0 Å². The number of nitrogens with zero attached hydrogens (tertiary/aromatic N) is 1. The molecule has 0 bridgehead atoms. The van der Waals surface area contributed by atoms with Crippen LogP contribution in [0.1, 0.15) is 0 Å².